The number of carbonyl (C=O) groups is 1. The summed E-state index contributed by atoms with van der Waals surface area (Å²) in [5, 5.41) is 12.0. The SMILES string of the molecule is O=C(NCc1nnc(-c2ccccn2)s1)c1cc(Cc2c(F)cc(F)cc2F)c[nH]1. The summed E-state index contributed by atoms with van der Waals surface area (Å²) < 4.78 is 40.6. The molecule has 0 unspecified atom stereocenters. The highest BCUT2D eigenvalue weighted by molar-refractivity contribution is 7.14. The summed E-state index contributed by atoms with van der Waals surface area (Å²) >= 11 is 1.31. The fourth-order valence-electron chi connectivity index (χ4n) is 2.79. The van der Waals surface area contributed by atoms with Crippen LogP contribution in [0.3, 0.4) is 0 Å². The lowest BCUT2D eigenvalue weighted by Gasteiger charge is -2.03. The molecule has 0 atom stereocenters. The van der Waals surface area contributed by atoms with Crippen molar-refractivity contribution in [2.24, 2.45) is 0 Å². The number of pyridine rings is 1. The van der Waals surface area contributed by atoms with E-state index < -0.39 is 23.4 Å². The minimum Gasteiger partial charge on any atom is -0.357 e. The molecule has 0 saturated heterocycles. The molecule has 1 aromatic carbocycles. The van der Waals surface area contributed by atoms with Gasteiger partial charge in [-0.05, 0) is 23.8 Å². The summed E-state index contributed by atoms with van der Waals surface area (Å²) in [5.41, 5.74) is 1.14. The molecule has 0 spiro atoms. The number of aromatic nitrogens is 4. The quantitative estimate of drug-likeness (QED) is 0.488. The molecule has 1 amide bonds. The second-order valence-electron chi connectivity index (χ2n) is 6.34. The van der Waals surface area contributed by atoms with Gasteiger partial charge in [0.25, 0.3) is 5.91 Å². The molecule has 0 fully saturated rings. The summed E-state index contributed by atoms with van der Waals surface area (Å²) in [7, 11) is 0. The predicted molar refractivity (Wildman–Crippen MR) is 104 cm³/mol. The van der Waals surface area contributed by atoms with Crippen molar-refractivity contribution in [3.05, 3.63) is 88.1 Å². The summed E-state index contributed by atoms with van der Waals surface area (Å²) in [5.74, 6) is -3.33. The van der Waals surface area contributed by atoms with Gasteiger partial charge in [-0.3, -0.25) is 9.78 Å². The Labute approximate surface area is 172 Å². The summed E-state index contributed by atoms with van der Waals surface area (Å²) in [6.45, 7) is 0.166. The maximum Gasteiger partial charge on any atom is 0.268 e. The minimum atomic E-state index is -0.981. The van der Waals surface area contributed by atoms with Gasteiger partial charge in [-0.15, -0.1) is 10.2 Å². The van der Waals surface area contributed by atoms with Crippen LogP contribution in [0.25, 0.3) is 10.7 Å². The molecule has 0 radical (unpaired) electrons. The molecule has 0 aliphatic heterocycles. The second-order valence-corrected chi connectivity index (χ2v) is 7.41. The Morgan fingerprint density at radius 3 is 2.63 bits per heavy atom. The molecular formula is C20H14F3N5OS. The first-order valence-electron chi connectivity index (χ1n) is 8.82. The van der Waals surface area contributed by atoms with E-state index in [-0.39, 0.29) is 24.2 Å². The Hall–Kier alpha value is -3.53. The van der Waals surface area contributed by atoms with Crippen molar-refractivity contribution in [2.45, 2.75) is 13.0 Å². The number of amides is 1. The first-order valence-corrected chi connectivity index (χ1v) is 9.64. The summed E-state index contributed by atoms with van der Waals surface area (Å²) in [4.78, 5) is 19.3. The number of hydrogen-bond donors (Lipinski definition) is 2. The van der Waals surface area contributed by atoms with E-state index in [1.807, 2.05) is 12.1 Å². The lowest BCUT2D eigenvalue weighted by atomic mass is 10.1. The van der Waals surface area contributed by atoms with Gasteiger partial charge in [0.05, 0.1) is 6.54 Å². The smallest absolute Gasteiger partial charge is 0.268 e. The number of halogens is 3. The van der Waals surface area contributed by atoms with Crippen LogP contribution >= 0.6 is 11.3 Å². The van der Waals surface area contributed by atoms with Crippen LogP contribution in [0, 0.1) is 17.5 Å². The van der Waals surface area contributed by atoms with E-state index in [0.29, 0.717) is 33.4 Å². The van der Waals surface area contributed by atoms with Gasteiger partial charge in [0.15, 0.2) is 5.01 Å². The van der Waals surface area contributed by atoms with Crippen LogP contribution in [0.1, 0.15) is 26.6 Å². The fraction of sp³-hybridized carbons (Fsp3) is 0.100. The maximum absolute atomic E-state index is 13.8. The van der Waals surface area contributed by atoms with E-state index in [2.05, 4.69) is 25.5 Å². The van der Waals surface area contributed by atoms with E-state index in [9.17, 15) is 18.0 Å². The molecule has 4 aromatic rings. The van der Waals surface area contributed by atoms with E-state index in [4.69, 9.17) is 0 Å². The Balaban J connectivity index is 1.39. The number of rotatable bonds is 6. The number of nitrogens with one attached hydrogen (secondary N) is 2. The predicted octanol–water partition coefficient (Wildman–Crippen LogP) is 3.87. The number of nitrogens with zero attached hydrogens (tertiary/aromatic N) is 3. The zero-order valence-electron chi connectivity index (χ0n) is 15.3. The van der Waals surface area contributed by atoms with Gasteiger partial charge in [-0.25, -0.2) is 13.2 Å². The van der Waals surface area contributed by atoms with Crippen molar-refractivity contribution >= 4 is 17.2 Å². The van der Waals surface area contributed by atoms with Crippen LogP contribution in [-0.2, 0) is 13.0 Å². The molecule has 152 valence electrons. The number of carbonyl (C=O) groups excluding carboxylic acids is 1. The Morgan fingerprint density at radius 2 is 1.90 bits per heavy atom. The van der Waals surface area contributed by atoms with Crippen molar-refractivity contribution in [2.75, 3.05) is 0 Å². The average molecular weight is 429 g/mol. The largest absolute Gasteiger partial charge is 0.357 e. The zero-order valence-corrected chi connectivity index (χ0v) is 16.1. The van der Waals surface area contributed by atoms with Gasteiger partial charge >= 0.3 is 0 Å². The molecule has 30 heavy (non-hydrogen) atoms. The van der Waals surface area contributed by atoms with Crippen LogP contribution in [0.4, 0.5) is 13.2 Å². The molecule has 6 nitrogen and oxygen atoms in total. The Kier molecular flexibility index (Phi) is 5.57. The molecule has 0 aliphatic carbocycles. The monoisotopic (exact) mass is 429 g/mol. The normalized spacial score (nSPS) is 10.9. The van der Waals surface area contributed by atoms with Gasteiger partial charge in [-0.2, -0.15) is 0 Å². The standard InChI is InChI=1S/C20H14F3N5OS/c21-12-7-14(22)13(15(23)8-12)5-11-6-17(25-9-11)19(29)26-10-18-27-28-20(30-18)16-3-1-2-4-24-16/h1-4,6-9,25H,5,10H2,(H,26,29). The van der Waals surface area contributed by atoms with Crippen molar-refractivity contribution in [1.29, 1.82) is 0 Å². The van der Waals surface area contributed by atoms with Crippen LogP contribution < -0.4 is 5.32 Å². The van der Waals surface area contributed by atoms with Gasteiger partial charge in [-0.1, -0.05) is 17.4 Å². The number of H-pyrrole nitrogens is 1. The van der Waals surface area contributed by atoms with Crippen LogP contribution in [-0.4, -0.2) is 26.1 Å². The topological polar surface area (TPSA) is 83.6 Å². The van der Waals surface area contributed by atoms with Crippen molar-refractivity contribution < 1.29 is 18.0 Å². The van der Waals surface area contributed by atoms with E-state index in [1.54, 1.807) is 12.3 Å². The van der Waals surface area contributed by atoms with Crippen LogP contribution in [0.5, 0.6) is 0 Å². The lowest BCUT2D eigenvalue weighted by molar-refractivity contribution is 0.0946. The molecule has 3 heterocycles. The van der Waals surface area contributed by atoms with E-state index >= 15 is 0 Å². The van der Waals surface area contributed by atoms with E-state index in [0.717, 1.165) is 0 Å². The fourth-order valence-corrected chi connectivity index (χ4v) is 3.54. The molecule has 2 N–H and O–H groups in total. The first kappa shape index (κ1) is 19.8. The first-order chi connectivity index (χ1) is 14.5. The Morgan fingerprint density at radius 1 is 1.10 bits per heavy atom. The van der Waals surface area contributed by atoms with Crippen molar-refractivity contribution in [3.63, 3.8) is 0 Å². The molecule has 0 bridgehead atoms. The van der Waals surface area contributed by atoms with E-state index in [1.165, 1.54) is 23.6 Å². The average Bonchev–Trinajstić information content (AvgIpc) is 3.39. The molecule has 3 aromatic heterocycles. The van der Waals surface area contributed by atoms with Gasteiger partial charge in [0, 0.05) is 36.5 Å². The third-order valence-electron chi connectivity index (χ3n) is 4.23. The third kappa shape index (κ3) is 4.38. The lowest BCUT2D eigenvalue weighted by Crippen LogP contribution is -2.23. The summed E-state index contributed by atoms with van der Waals surface area (Å²) in [6, 6.07) is 8.19. The molecule has 0 saturated carbocycles. The van der Waals surface area contributed by atoms with Gasteiger partial charge < -0.3 is 10.3 Å². The third-order valence-corrected chi connectivity index (χ3v) is 5.17. The zero-order chi connectivity index (χ0) is 21.1. The number of benzene rings is 1. The Bertz CT molecular complexity index is 1170. The van der Waals surface area contributed by atoms with Gasteiger partial charge in [0.1, 0.15) is 33.8 Å². The van der Waals surface area contributed by atoms with Crippen LogP contribution in [0.2, 0.25) is 0 Å². The molecule has 0 aliphatic rings. The highest BCUT2D eigenvalue weighted by Gasteiger charge is 2.15. The highest BCUT2D eigenvalue weighted by atomic mass is 32.1. The minimum absolute atomic E-state index is 0.119. The van der Waals surface area contributed by atoms with Gasteiger partial charge in [0.2, 0.25) is 0 Å². The second kappa shape index (κ2) is 8.46. The molecular weight excluding hydrogens is 415 g/mol. The molecule has 4 rings (SSSR count). The number of hydrogen-bond acceptors (Lipinski definition) is 5. The maximum atomic E-state index is 13.8. The van der Waals surface area contributed by atoms with Crippen molar-refractivity contribution in [3.8, 4) is 10.7 Å². The summed E-state index contributed by atoms with van der Waals surface area (Å²) in [6.07, 6.45) is 3.01. The highest BCUT2D eigenvalue weighted by Crippen LogP contribution is 2.21. The number of aromatic amines is 1. The molecule has 10 heteroatoms. The van der Waals surface area contributed by atoms with Crippen LogP contribution in [0.15, 0.2) is 48.8 Å². The van der Waals surface area contributed by atoms with Crippen molar-refractivity contribution in [1.82, 2.24) is 25.5 Å².